The summed E-state index contributed by atoms with van der Waals surface area (Å²) in [5.41, 5.74) is 0. The normalized spacial score (nSPS) is 10.7. The highest BCUT2D eigenvalue weighted by molar-refractivity contribution is 8.13. The summed E-state index contributed by atoms with van der Waals surface area (Å²) in [5.74, 6) is -0.387. The van der Waals surface area contributed by atoms with Crippen molar-refractivity contribution in [3.05, 3.63) is 22.2 Å². The SMILES string of the molecule is CC(=O)SCC=Cc1ncc(C(=O)O)s1. The van der Waals surface area contributed by atoms with Crippen LogP contribution in [0.2, 0.25) is 0 Å². The molecule has 0 aromatic carbocycles. The standard InChI is InChI=1S/C9H9NO3S2/c1-6(11)14-4-2-3-8-10-5-7(15-8)9(12)13/h2-3,5H,4H2,1H3,(H,12,13). The molecule has 1 N–H and O–H groups in total. The lowest BCUT2D eigenvalue weighted by Crippen LogP contribution is -1.89. The molecule has 0 saturated heterocycles. The first-order chi connectivity index (χ1) is 7.09. The Bertz CT molecular complexity index is 398. The van der Waals surface area contributed by atoms with Crippen LogP contribution in [-0.4, -0.2) is 26.9 Å². The molecule has 0 unspecified atom stereocenters. The zero-order chi connectivity index (χ0) is 11.3. The van der Waals surface area contributed by atoms with Crippen LogP contribution in [0, 0.1) is 0 Å². The maximum Gasteiger partial charge on any atom is 0.347 e. The monoisotopic (exact) mass is 243 g/mol. The molecule has 80 valence electrons. The van der Waals surface area contributed by atoms with Gasteiger partial charge in [-0.1, -0.05) is 17.8 Å². The van der Waals surface area contributed by atoms with E-state index in [-0.39, 0.29) is 9.99 Å². The van der Waals surface area contributed by atoms with Crippen molar-refractivity contribution < 1.29 is 14.7 Å². The summed E-state index contributed by atoms with van der Waals surface area (Å²) in [6.07, 6.45) is 4.83. The third-order valence-corrected chi connectivity index (χ3v) is 3.09. The smallest absolute Gasteiger partial charge is 0.347 e. The molecule has 0 aliphatic rings. The Morgan fingerprint density at radius 1 is 1.67 bits per heavy atom. The molecule has 0 radical (unpaired) electrons. The van der Waals surface area contributed by atoms with Crippen LogP contribution in [-0.2, 0) is 4.79 Å². The van der Waals surface area contributed by atoms with Crippen molar-refractivity contribution in [3.63, 3.8) is 0 Å². The van der Waals surface area contributed by atoms with Gasteiger partial charge in [0.15, 0.2) is 5.12 Å². The van der Waals surface area contributed by atoms with Crippen molar-refractivity contribution in [2.75, 3.05) is 5.75 Å². The lowest BCUT2D eigenvalue weighted by Gasteiger charge is -1.87. The van der Waals surface area contributed by atoms with Crippen LogP contribution in [0.25, 0.3) is 6.08 Å². The Balaban J connectivity index is 2.50. The first-order valence-corrected chi connectivity index (χ1v) is 5.89. The van der Waals surface area contributed by atoms with Crippen LogP contribution in [0.4, 0.5) is 0 Å². The number of thioether (sulfide) groups is 1. The minimum atomic E-state index is -0.967. The second-order valence-electron chi connectivity index (χ2n) is 2.57. The van der Waals surface area contributed by atoms with Gasteiger partial charge in [-0.3, -0.25) is 4.79 Å². The van der Waals surface area contributed by atoms with Crippen LogP contribution in [0.5, 0.6) is 0 Å². The number of aromatic nitrogens is 1. The fourth-order valence-electron chi connectivity index (χ4n) is 0.778. The number of hydrogen-bond donors (Lipinski definition) is 1. The van der Waals surface area contributed by atoms with Gasteiger partial charge in [-0.25, -0.2) is 9.78 Å². The van der Waals surface area contributed by atoms with Crippen LogP contribution < -0.4 is 0 Å². The highest BCUT2D eigenvalue weighted by atomic mass is 32.2. The van der Waals surface area contributed by atoms with E-state index in [4.69, 9.17) is 5.11 Å². The summed E-state index contributed by atoms with van der Waals surface area (Å²) < 4.78 is 0. The second-order valence-corrected chi connectivity index (χ2v) is 4.83. The highest BCUT2D eigenvalue weighted by Gasteiger charge is 2.05. The molecule has 0 amide bonds. The Hall–Kier alpha value is -1.14. The van der Waals surface area contributed by atoms with E-state index in [1.165, 1.54) is 24.9 Å². The first kappa shape index (κ1) is 11.9. The maximum absolute atomic E-state index is 10.6. The molecule has 0 aliphatic carbocycles. The zero-order valence-corrected chi connectivity index (χ0v) is 9.60. The topological polar surface area (TPSA) is 67.3 Å². The molecular formula is C9H9NO3S2. The fraction of sp³-hybridized carbons (Fsp3) is 0.222. The molecule has 0 aliphatic heterocycles. The fourth-order valence-corrected chi connectivity index (χ4v) is 1.89. The van der Waals surface area contributed by atoms with E-state index < -0.39 is 5.97 Å². The summed E-state index contributed by atoms with van der Waals surface area (Å²) in [7, 11) is 0. The van der Waals surface area contributed by atoms with Crippen LogP contribution >= 0.6 is 23.1 Å². The number of rotatable bonds is 4. The quantitative estimate of drug-likeness (QED) is 0.877. The van der Waals surface area contributed by atoms with E-state index in [2.05, 4.69) is 4.98 Å². The van der Waals surface area contributed by atoms with E-state index in [0.29, 0.717) is 10.8 Å². The maximum atomic E-state index is 10.6. The molecule has 1 aromatic heterocycles. The van der Waals surface area contributed by atoms with Crippen LogP contribution in [0.3, 0.4) is 0 Å². The number of hydrogen-bond acceptors (Lipinski definition) is 5. The van der Waals surface area contributed by atoms with Gasteiger partial charge in [-0.05, 0) is 6.08 Å². The van der Waals surface area contributed by atoms with Crippen molar-refractivity contribution in [1.82, 2.24) is 4.98 Å². The molecular weight excluding hydrogens is 234 g/mol. The van der Waals surface area contributed by atoms with Gasteiger partial charge in [0, 0.05) is 12.7 Å². The van der Waals surface area contributed by atoms with E-state index >= 15 is 0 Å². The average molecular weight is 243 g/mol. The Morgan fingerprint density at radius 2 is 2.40 bits per heavy atom. The summed E-state index contributed by atoms with van der Waals surface area (Å²) in [5, 5.41) is 9.34. The van der Waals surface area contributed by atoms with Gasteiger partial charge in [0.2, 0.25) is 0 Å². The van der Waals surface area contributed by atoms with Crippen molar-refractivity contribution in [1.29, 1.82) is 0 Å². The molecule has 0 fully saturated rings. The van der Waals surface area contributed by atoms with Crippen molar-refractivity contribution in [3.8, 4) is 0 Å². The molecule has 4 nitrogen and oxygen atoms in total. The van der Waals surface area contributed by atoms with E-state index in [9.17, 15) is 9.59 Å². The van der Waals surface area contributed by atoms with Gasteiger partial charge >= 0.3 is 5.97 Å². The van der Waals surface area contributed by atoms with Crippen LogP contribution in [0.15, 0.2) is 12.3 Å². The molecule has 1 heterocycles. The lowest BCUT2D eigenvalue weighted by molar-refractivity contribution is -0.109. The molecule has 1 rings (SSSR count). The third kappa shape index (κ3) is 4.26. The van der Waals surface area contributed by atoms with Gasteiger partial charge in [-0.15, -0.1) is 11.3 Å². The minimum Gasteiger partial charge on any atom is -0.477 e. The molecule has 6 heteroatoms. The predicted molar refractivity (Wildman–Crippen MR) is 61.2 cm³/mol. The lowest BCUT2D eigenvalue weighted by atomic mass is 10.5. The average Bonchev–Trinajstić information content (AvgIpc) is 2.60. The Morgan fingerprint density at radius 3 is 2.93 bits per heavy atom. The predicted octanol–water partition coefficient (Wildman–Crippen LogP) is 2.13. The highest BCUT2D eigenvalue weighted by Crippen LogP contribution is 2.14. The van der Waals surface area contributed by atoms with Crippen molar-refractivity contribution in [2.24, 2.45) is 0 Å². The largest absolute Gasteiger partial charge is 0.477 e. The van der Waals surface area contributed by atoms with Gasteiger partial charge < -0.3 is 5.11 Å². The van der Waals surface area contributed by atoms with Gasteiger partial charge in [0.05, 0.1) is 6.20 Å². The first-order valence-electron chi connectivity index (χ1n) is 4.08. The Kier molecular flexibility index (Phi) is 4.51. The van der Waals surface area contributed by atoms with Gasteiger partial charge in [-0.2, -0.15) is 0 Å². The number of carboxylic acids is 1. The summed E-state index contributed by atoms with van der Waals surface area (Å²) in [6.45, 7) is 1.50. The summed E-state index contributed by atoms with van der Waals surface area (Å²) >= 11 is 2.31. The molecule has 0 spiro atoms. The van der Waals surface area contributed by atoms with E-state index in [1.54, 1.807) is 12.2 Å². The summed E-state index contributed by atoms with van der Waals surface area (Å²) in [6, 6.07) is 0. The zero-order valence-electron chi connectivity index (χ0n) is 7.97. The number of aromatic carboxylic acids is 1. The van der Waals surface area contributed by atoms with E-state index in [1.807, 2.05) is 0 Å². The molecule has 0 saturated carbocycles. The second kappa shape index (κ2) is 5.67. The molecule has 1 aromatic rings. The van der Waals surface area contributed by atoms with E-state index in [0.717, 1.165) is 11.3 Å². The van der Waals surface area contributed by atoms with Crippen LogP contribution in [0.1, 0.15) is 21.6 Å². The molecule has 0 bridgehead atoms. The third-order valence-electron chi connectivity index (χ3n) is 1.38. The molecule has 15 heavy (non-hydrogen) atoms. The molecule has 0 atom stereocenters. The minimum absolute atomic E-state index is 0.0602. The number of thiazole rings is 1. The number of nitrogens with zero attached hydrogens (tertiary/aromatic N) is 1. The number of carbonyl (C=O) groups is 2. The van der Waals surface area contributed by atoms with Gasteiger partial charge in [0.1, 0.15) is 9.88 Å². The Labute approximate surface area is 95.0 Å². The van der Waals surface area contributed by atoms with Gasteiger partial charge in [0.25, 0.3) is 0 Å². The summed E-state index contributed by atoms with van der Waals surface area (Å²) in [4.78, 5) is 25.2. The van der Waals surface area contributed by atoms with Crippen molar-refractivity contribution >= 4 is 40.3 Å². The number of carboxylic acid groups (broad SMARTS) is 1. The number of carbonyl (C=O) groups excluding carboxylic acids is 1. The van der Waals surface area contributed by atoms with Crippen molar-refractivity contribution in [2.45, 2.75) is 6.92 Å².